The average molecular weight is 399 g/mol. The fourth-order valence-electron chi connectivity index (χ4n) is 3.71. The number of amides is 1. The molecule has 0 radical (unpaired) electrons. The van der Waals surface area contributed by atoms with Crippen LogP contribution in [0.4, 0.5) is 8.78 Å². The second kappa shape index (κ2) is 8.65. The van der Waals surface area contributed by atoms with Crippen molar-refractivity contribution in [3.8, 4) is 11.3 Å². The molecule has 6 nitrogen and oxygen atoms in total. The van der Waals surface area contributed by atoms with Gasteiger partial charge in [0.15, 0.2) is 5.65 Å². The Labute approximate surface area is 167 Å². The van der Waals surface area contributed by atoms with Crippen molar-refractivity contribution in [2.24, 2.45) is 5.92 Å². The molecule has 1 aliphatic heterocycles. The molecule has 152 valence electrons. The first-order valence-electron chi connectivity index (χ1n) is 9.84. The summed E-state index contributed by atoms with van der Waals surface area (Å²) < 4.78 is 28.3. The van der Waals surface area contributed by atoms with Gasteiger partial charge in [0.2, 0.25) is 0 Å². The van der Waals surface area contributed by atoms with E-state index in [1.807, 2.05) is 18.2 Å². The number of piperidine rings is 1. The molecule has 0 bridgehead atoms. The summed E-state index contributed by atoms with van der Waals surface area (Å²) in [5.41, 5.74) is 1.15. The number of fused-ring (bicyclic) bond motifs is 1. The van der Waals surface area contributed by atoms with Crippen LogP contribution in [0.1, 0.15) is 41.7 Å². The number of nitrogens with zero attached hydrogens (tertiary/aromatic N) is 3. The number of halogens is 2. The smallest absolute Gasteiger partial charge is 0.280 e. The molecule has 2 N–H and O–H groups in total. The van der Waals surface area contributed by atoms with Gasteiger partial charge in [-0.1, -0.05) is 30.3 Å². The van der Waals surface area contributed by atoms with Crippen molar-refractivity contribution in [3.63, 3.8) is 0 Å². The van der Waals surface area contributed by atoms with Gasteiger partial charge in [-0.3, -0.25) is 4.79 Å². The molecule has 1 fully saturated rings. The number of aromatic nitrogens is 3. The van der Waals surface area contributed by atoms with Crippen LogP contribution in [0.25, 0.3) is 16.9 Å². The van der Waals surface area contributed by atoms with E-state index in [1.165, 1.54) is 12.3 Å². The molecule has 0 atom stereocenters. The molecule has 1 amide bonds. The first-order chi connectivity index (χ1) is 14.1. The Bertz CT molecular complexity index is 983. The van der Waals surface area contributed by atoms with E-state index in [0.29, 0.717) is 23.7 Å². The van der Waals surface area contributed by atoms with Crippen LogP contribution in [0.15, 0.2) is 42.6 Å². The molecule has 1 saturated heterocycles. The number of alkyl halides is 2. The predicted molar refractivity (Wildman–Crippen MR) is 106 cm³/mol. The van der Waals surface area contributed by atoms with E-state index in [2.05, 4.69) is 20.7 Å². The van der Waals surface area contributed by atoms with Gasteiger partial charge in [-0.25, -0.2) is 18.3 Å². The summed E-state index contributed by atoms with van der Waals surface area (Å²) in [5.74, 6) is 0.251. The molecule has 3 aromatic rings. The van der Waals surface area contributed by atoms with E-state index in [-0.39, 0.29) is 22.8 Å². The summed E-state index contributed by atoms with van der Waals surface area (Å²) in [4.78, 5) is 17.2. The Balaban J connectivity index is 1.59. The van der Waals surface area contributed by atoms with Crippen molar-refractivity contribution in [2.75, 3.05) is 19.6 Å². The average Bonchev–Trinajstić information content (AvgIpc) is 3.18. The van der Waals surface area contributed by atoms with Gasteiger partial charge in [-0.15, -0.1) is 0 Å². The third kappa shape index (κ3) is 4.27. The number of nitrogens with one attached hydrogen (secondary N) is 2. The Morgan fingerprint density at radius 3 is 2.72 bits per heavy atom. The maximum Gasteiger partial charge on any atom is 0.280 e. The second-order valence-electron chi connectivity index (χ2n) is 7.26. The summed E-state index contributed by atoms with van der Waals surface area (Å²) in [6.45, 7) is 2.56. The fraction of sp³-hybridized carbons (Fsp3) is 0.381. The zero-order chi connectivity index (χ0) is 20.2. The molecule has 1 aliphatic rings. The maximum absolute atomic E-state index is 13.6. The van der Waals surface area contributed by atoms with Crippen molar-refractivity contribution in [2.45, 2.75) is 25.7 Å². The van der Waals surface area contributed by atoms with Gasteiger partial charge in [-0.2, -0.15) is 5.10 Å². The number of hydrogen-bond donors (Lipinski definition) is 2. The molecular formula is C21H23F2N5O. The summed E-state index contributed by atoms with van der Waals surface area (Å²) in [6.07, 6.45) is 1.68. The zero-order valence-electron chi connectivity index (χ0n) is 15.9. The highest BCUT2D eigenvalue weighted by Gasteiger charge is 2.22. The largest absolute Gasteiger partial charge is 0.352 e. The van der Waals surface area contributed by atoms with Crippen LogP contribution in [0.2, 0.25) is 0 Å². The summed E-state index contributed by atoms with van der Waals surface area (Å²) in [7, 11) is 0. The molecule has 0 aliphatic carbocycles. The lowest BCUT2D eigenvalue weighted by atomic mass is 9.95. The Morgan fingerprint density at radius 2 is 2.00 bits per heavy atom. The van der Waals surface area contributed by atoms with E-state index >= 15 is 0 Å². The molecule has 0 saturated carbocycles. The normalized spacial score (nSPS) is 15.1. The highest BCUT2D eigenvalue weighted by atomic mass is 19.3. The van der Waals surface area contributed by atoms with Gasteiger partial charge >= 0.3 is 0 Å². The molecule has 1 aromatic carbocycles. The molecule has 0 unspecified atom stereocenters. The van der Waals surface area contributed by atoms with Crippen molar-refractivity contribution < 1.29 is 13.6 Å². The minimum absolute atomic E-state index is 0.140. The van der Waals surface area contributed by atoms with E-state index in [9.17, 15) is 13.6 Å². The Hall–Kier alpha value is -2.87. The molecule has 8 heteroatoms. The predicted octanol–water partition coefficient (Wildman–Crippen LogP) is 3.45. The minimum atomic E-state index is -2.74. The lowest BCUT2D eigenvalue weighted by Crippen LogP contribution is -2.31. The molecule has 3 heterocycles. The SMILES string of the molecule is O=C(NCCC1CCNCC1)c1cnn2c(C(F)F)cc(-c3ccccc3)nc12. The highest BCUT2D eigenvalue weighted by molar-refractivity contribution is 5.99. The van der Waals surface area contributed by atoms with Crippen LogP contribution in [0.3, 0.4) is 0 Å². The first kappa shape index (κ1) is 19.4. The fourth-order valence-corrected chi connectivity index (χ4v) is 3.71. The van der Waals surface area contributed by atoms with Crippen LogP contribution in [0.5, 0.6) is 0 Å². The van der Waals surface area contributed by atoms with Gasteiger partial charge in [0.05, 0.1) is 11.9 Å². The number of carbonyl (C=O) groups is 1. The highest BCUT2D eigenvalue weighted by Crippen LogP contribution is 2.26. The van der Waals surface area contributed by atoms with Crippen LogP contribution >= 0.6 is 0 Å². The first-order valence-corrected chi connectivity index (χ1v) is 9.84. The van der Waals surface area contributed by atoms with Crippen molar-refractivity contribution in [1.29, 1.82) is 0 Å². The topological polar surface area (TPSA) is 71.3 Å². The number of hydrogen-bond acceptors (Lipinski definition) is 4. The standard InChI is InChI=1S/C21H23F2N5O/c22-19(23)18-12-17(15-4-2-1-3-5-15)27-20-16(13-26-28(18)20)21(29)25-11-8-14-6-9-24-10-7-14/h1-5,12-14,19,24H,6-11H2,(H,25,29). The van der Waals surface area contributed by atoms with Gasteiger partial charge in [0.1, 0.15) is 11.3 Å². The second-order valence-corrected chi connectivity index (χ2v) is 7.26. The van der Waals surface area contributed by atoms with Gasteiger partial charge in [-0.05, 0) is 44.3 Å². The monoisotopic (exact) mass is 399 g/mol. The molecular weight excluding hydrogens is 376 g/mol. The maximum atomic E-state index is 13.6. The number of carbonyl (C=O) groups excluding carboxylic acids is 1. The van der Waals surface area contributed by atoms with Crippen molar-refractivity contribution >= 4 is 11.6 Å². The summed E-state index contributed by atoms with van der Waals surface area (Å²) in [6, 6.07) is 10.4. The van der Waals surface area contributed by atoms with Crippen LogP contribution in [-0.2, 0) is 0 Å². The van der Waals surface area contributed by atoms with Crippen LogP contribution in [-0.4, -0.2) is 40.1 Å². The van der Waals surface area contributed by atoms with Gasteiger partial charge < -0.3 is 10.6 Å². The van der Waals surface area contributed by atoms with Gasteiger partial charge in [0, 0.05) is 12.1 Å². The van der Waals surface area contributed by atoms with Gasteiger partial charge in [0.25, 0.3) is 12.3 Å². The molecule has 2 aromatic heterocycles. The number of rotatable bonds is 6. The third-order valence-corrected chi connectivity index (χ3v) is 5.33. The van der Waals surface area contributed by atoms with Crippen LogP contribution in [0, 0.1) is 5.92 Å². The van der Waals surface area contributed by atoms with Crippen molar-refractivity contribution in [1.82, 2.24) is 25.2 Å². The number of benzene rings is 1. The molecule has 0 spiro atoms. The van der Waals surface area contributed by atoms with E-state index in [0.717, 1.165) is 36.9 Å². The quantitative estimate of drug-likeness (QED) is 0.666. The molecule has 4 rings (SSSR count). The molecule has 29 heavy (non-hydrogen) atoms. The van der Waals surface area contributed by atoms with E-state index in [1.54, 1.807) is 12.1 Å². The van der Waals surface area contributed by atoms with Crippen LogP contribution < -0.4 is 10.6 Å². The summed E-state index contributed by atoms with van der Waals surface area (Å²) >= 11 is 0. The Morgan fingerprint density at radius 1 is 1.24 bits per heavy atom. The van der Waals surface area contributed by atoms with Crippen molar-refractivity contribution in [3.05, 3.63) is 53.9 Å². The van der Waals surface area contributed by atoms with E-state index < -0.39 is 6.43 Å². The minimum Gasteiger partial charge on any atom is -0.352 e. The lowest BCUT2D eigenvalue weighted by molar-refractivity contribution is 0.0951. The summed E-state index contributed by atoms with van der Waals surface area (Å²) in [5, 5.41) is 10.2. The lowest BCUT2D eigenvalue weighted by Gasteiger charge is -2.22. The third-order valence-electron chi connectivity index (χ3n) is 5.33. The zero-order valence-corrected chi connectivity index (χ0v) is 15.9. The Kier molecular flexibility index (Phi) is 5.80. The van der Waals surface area contributed by atoms with E-state index in [4.69, 9.17) is 0 Å².